The summed E-state index contributed by atoms with van der Waals surface area (Å²) < 4.78 is 74.0. The fourth-order valence-corrected chi connectivity index (χ4v) is 3.88. The van der Waals surface area contributed by atoms with Crippen LogP contribution in [0.3, 0.4) is 0 Å². The Morgan fingerprint density at radius 3 is 1.81 bits per heavy atom. The molecule has 0 aromatic rings. The summed E-state index contributed by atoms with van der Waals surface area (Å²) >= 11 is 0. The van der Waals surface area contributed by atoms with Crippen molar-refractivity contribution in [3.63, 3.8) is 0 Å². The number of aliphatic hydroxyl groups excluding tert-OH is 1. The molecule has 3 rings (SSSR count). The summed E-state index contributed by atoms with van der Waals surface area (Å²) in [4.78, 5) is 24.7. The normalized spacial score (nSPS) is 23.2. The number of carbonyl (C=O) groups is 2. The predicted octanol–water partition coefficient (Wildman–Crippen LogP) is 2.33. The molecule has 0 spiro atoms. The zero-order valence-corrected chi connectivity index (χ0v) is 29.2. The van der Waals surface area contributed by atoms with Crippen molar-refractivity contribution in [2.75, 3.05) is 13.2 Å². The number of rotatable bonds is 5. The topological polar surface area (TPSA) is 220 Å². The van der Waals surface area contributed by atoms with Crippen LogP contribution in [0.2, 0.25) is 0 Å². The summed E-state index contributed by atoms with van der Waals surface area (Å²) in [5, 5.41) is 10.9. The minimum atomic E-state index is -0.830. The van der Waals surface area contributed by atoms with E-state index in [0.29, 0.717) is 13.0 Å². The molecule has 0 unspecified atom stereocenters. The molecule has 1 N–H and O–H groups in total. The summed E-state index contributed by atoms with van der Waals surface area (Å²) in [6.45, 7) is 38.0. The van der Waals surface area contributed by atoms with Gasteiger partial charge in [0.1, 0.15) is 31.0 Å². The van der Waals surface area contributed by atoms with Crippen LogP contribution in [0.4, 0.5) is 0 Å². The van der Waals surface area contributed by atoms with Crippen molar-refractivity contribution < 1.29 is 99.9 Å². The Kier molecular flexibility index (Phi) is 39.8. The fraction of sp³-hybridized carbons (Fsp3) is 0.625. The number of aliphatic hydroxyl groups is 1. The standard InChI is InChI=1S/C26H38O8.6CO.2Co/c1-25(2,3)23(28)31-15-17(33-24(29)26(4,5)6)13-12-16-9-7-10-19-22(32-16)20(27)21-18(34-19)11-8-14-30-21;6*1-2;;/h12-13,16-22,27H,8,10-11,14-15H2,1-6H3;;;;;;;;/b13-12+;;;;;;;;/t16-,17-,18-,19+,20+,21-,22+;;;;;;;;/m0......../s1. The van der Waals surface area contributed by atoms with E-state index in [1.165, 1.54) is 0 Å². The van der Waals surface area contributed by atoms with Crippen molar-refractivity contribution in [1.82, 2.24) is 0 Å². The molecule has 3 aliphatic rings. The molecule has 268 valence electrons. The molecule has 16 heteroatoms. The van der Waals surface area contributed by atoms with Crippen LogP contribution < -0.4 is 0 Å². The first-order valence-corrected chi connectivity index (χ1v) is 13.2. The molecule has 0 amide bonds. The number of fused-ring (bicyclic) bond motifs is 2. The number of hydrogen-bond acceptors (Lipinski definition) is 8. The molecule has 0 aliphatic carbocycles. The van der Waals surface area contributed by atoms with Crippen molar-refractivity contribution in [3.05, 3.63) is 52.1 Å². The van der Waals surface area contributed by atoms with Gasteiger partial charge in [-0.3, -0.25) is 9.59 Å². The van der Waals surface area contributed by atoms with Gasteiger partial charge in [0.05, 0.1) is 23.0 Å². The minimum Gasteiger partial charge on any atom is 0 e. The van der Waals surface area contributed by atoms with Gasteiger partial charge in [0.25, 0.3) is 0 Å². The van der Waals surface area contributed by atoms with Gasteiger partial charge in [-0.05, 0) is 66.5 Å². The minimum absolute atomic E-state index is 0. The fourth-order valence-electron chi connectivity index (χ4n) is 3.88. The van der Waals surface area contributed by atoms with E-state index < -0.39 is 53.3 Å². The zero-order chi connectivity index (χ0) is 37.1. The van der Waals surface area contributed by atoms with E-state index in [4.69, 9.17) is 51.6 Å². The van der Waals surface area contributed by atoms with Crippen LogP contribution in [-0.2, 0) is 94.7 Å². The Morgan fingerprint density at radius 1 is 0.833 bits per heavy atom. The van der Waals surface area contributed by atoms with Gasteiger partial charge < -0.3 is 28.8 Å². The van der Waals surface area contributed by atoms with E-state index in [9.17, 15) is 14.7 Å². The van der Waals surface area contributed by atoms with Gasteiger partial charge in [0.2, 0.25) is 0 Å². The smallest absolute Gasteiger partial charge is 0 e. The van der Waals surface area contributed by atoms with Crippen LogP contribution in [0, 0.1) is 62.6 Å². The Morgan fingerprint density at radius 2 is 1.33 bits per heavy atom. The van der Waals surface area contributed by atoms with Gasteiger partial charge in [-0.1, -0.05) is 11.8 Å². The largest absolute Gasteiger partial charge is 0 e. The van der Waals surface area contributed by atoms with Crippen molar-refractivity contribution in [2.24, 2.45) is 10.8 Å². The first-order valence-electron chi connectivity index (χ1n) is 13.2. The monoisotopic (exact) mass is 764 g/mol. The second-order valence-electron chi connectivity index (χ2n) is 11.2. The third kappa shape index (κ3) is 21.5. The van der Waals surface area contributed by atoms with Crippen LogP contribution in [-0.4, -0.2) is 73.0 Å². The van der Waals surface area contributed by atoms with Gasteiger partial charge in [0, 0.05) is 46.6 Å². The first kappa shape index (κ1) is 57.8. The van der Waals surface area contributed by atoms with Gasteiger partial charge in [-0.2, -0.15) is 0 Å². The maximum Gasteiger partial charge on any atom is 0 e. The maximum absolute atomic E-state index is 12.5. The van der Waals surface area contributed by atoms with Gasteiger partial charge >= 0.3 is 79.8 Å². The number of hydrogen-bond donors (Lipinski definition) is 1. The van der Waals surface area contributed by atoms with E-state index >= 15 is 0 Å². The van der Waals surface area contributed by atoms with Crippen molar-refractivity contribution in [2.45, 2.75) is 104 Å². The van der Waals surface area contributed by atoms with E-state index in [0.717, 1.165) is 12.8 Å². The number of esters is 2. The second-order valence-corrected chi connectivity index (χ2v) is 11.2. The van der Waals surface area contributed by atoms with E-state index in [2.05, 4.69) is 51.7 Å². The molecule has 0 saturated carbocycles. The summed E-state index contributed by atoms with van der Waals surface area (Å²) in [6.07, 6.45) is 1.67. The van der Waals surface area contributed by atoms with E-state index in [1.54, 1.807) is 53.7 Å². The van der Waals surface area contributed by atoms with Gasteiger partial charge in [-0.15, -0.1) is 0 Å². The van der Waals surface area contributed by atoms with Gasteiger partial charge in [-0.25, -0.2) is 0 Å². The summed E-state index contributed by atoms with van der Waals surface area (Å²) in [5.41, 5.74) is -1.39. The second kappa shape index (κ2) is 33.0. The van der Waals surface area contributed by atoms with Crippen LogP contribution in [0.1, 0.15) is 60.8 Å². The molecule has 0 aromatic heterocycles. The molecule has 0 aromatic carbocycles. The molecule has 2 radical (unpaired) electrons. The van der Waals surface area contributed by atoms with Crippen molar-refractivity contribution >= 4 is 11.9 Å². The van der Waals surface area contributed by atoms with Gasteiger partial charge in [0.15, 0.2) is 6.10 Å². The first-order chi connectivity index (χ1) is 21.9. The SMILES string of the molecule is CC(C)(C)C(=O)OC[C@H](/C=C/[C@@H]1C#CC[C@H]2O[C@H]3CCCO[C@@H]3[C@@H](O)[C@@H]2O1)OC(=O)C(C)(C)C.[C-]#[O+].[C-]#[O+].[C-]#[O+].[C-]#[O+].[C-]#[O+].[C-]#[O+].[Co].[Co]. The third-order valence-electron chi connectivity index (χ3n) is 5.91. The predicted molar refractivity (Wildman–Crippen MR) is 147 cm³/mol. The van der Waals surface area contributed by atoms with Crippen molar-refractivity contribution in [1.29, 1.82) is 0 Å². The summed E-state index contributed by atoms with van der Waals surface area (Å²) in [7, 11) is 0. The molecule has 48 heavy (non-hydrogen) atoms. The molecule has 0 bridgehead atoms. The molecular weight excluding hydrogens is 726 g/mol. The molecule has 7 atom stereocenters. The summed E-state index contributed by atoms with van der Waals surface area (Å²) in [5.74, 6) is 5.29. The summed E-state index contributed by atoms with van der Waals surface area (Å²) in [6, 6.07) is 0. The Bertz CT molecular complexity index is 1050. The van der Waals surface area contributed by atoms with Crippen LogP contribution in [0.5, 0.6) is 0 Å². The molecule has 3 heterocycles. The maximum atomic E-state index is 12.5. The molecule has 2 saturated heterocycles. The van der Waals surface area contributed by atoms with E-state index in [1.807, 2.05) is 0 Å². The van der Waals surface area contributed by atoms with Crippen LogP contribution in [0.25, 0.3) is 0 Å². The average molecular weight is 765 g/mol. The van der Waals surface area contributed by atoms with E-state index in [-0.39, 0.29) is 52.4 Å². The molecular formula is C32H38Co2O14. The Hall–Kier alpha value is -2.47. The van der Waals surface area contributed by atoms with Crippen LogP contribution >= 0.6 is 0 Å². The quantitative estimate of drug-likeness (QED) is 0.144. The Labute approximate surface area is 302 Å². The molecule has 2 fully saturated rings. The average Bonchev–Trinajstić information content (AvgIpc) is 3.29. The molecule has 3 aliphatic heterocycles. The number of ether oxygens (including phenoxy) is 5. The number of carbonyl (C=O) groups excluding carboxylic acids is 2. The zero-order valence-electron chi connectivity index (χ0n) is 27.2. The van der Waals surface area contributed by atoms with Crippen LogP contribution in [0.15, 0.2) is 12.2 Å². The molecule has 14 nitrogen and oxygen atoms in total. The van der Waals surface area contributed by atoms with Crippen molar-refractivity contribution in [3.8, 4) is 11.8 Å². The Balaban J connectivity index is -0.000000284. The third-order valence-corrected chi connectivity index (χ3v) is 5.91.